The molecule has 36 heavy (non-hydrogen) atoms. The summed E-state index contributed by atoms with van der Waals surface area (Å²) < 4.78 is 1.86. The molecule has 0 saturated carbocycles. The lowest BCUT2D eigenvalue weighted by molar-refractivity contribution is -0.162. The summed E-state index contributed by atoms with van der Waals surface area (Å²) in [7, 11) is 0. The van der Waals surface area contributed by atoms with Crippen molar-refractivity contribution >= 4 is 34.9 Å². The molecule has 3 heterocycles. The van der Waals surface area contributed by atoms with Crippen LogP contribution in [0.1, 0.15) is 22.8 Å². The molecule has 1 atom stereocenters. The van der Waals surface area contributed by atoms with Gasteiger partial charge in [0.15, 0.2) is 5.82 Å². The fourth-order valence-corrected chi connectivity index (χ4v) is 4.23. The molecule has 1 aliphatic rings. The van der Waals surface area contributed by atoms with Gasteiger partial charge in [0.25, 0.3) is 0 Å². The number of fused-ring (bicyclic) bond motifs is 1. The molecule has 1 fully saturated rings. The van der Waals surface area contributed by atoms with Crippen LogP contribution in [-0.4, -0.2) is 51.4 Å². The van der Waals surface area contributed by atoms with E-state index in [1.54, 1.807) is 41.3 Å². The molecular weight excluding hydrogens is 458 g/mol. The number of hydrogen-bond acceptors (Lipinski definition) is 6. The minimum atomic E-state index is -0.747. The van der Waals surface area contributed by atoms with Crippen molar-refractivity contribution in [1.29, 1.82) is 0 Å². The molecule has 9 heteroatoms. The summed E-state index contributed by atoms with van der Waals surface area (Å²) in [5.41, 5.74) is 2.68. The number of rotatable bonds is 6. The van der Waals surface area contributed by atoms with E-state index < -0.39 is 12.0 Å². The number of pyridine rings is 1. The number of aromatic nitrogens is 2. The summed E-state index contributed by atoms with van der Waals surface area (Å²) in [4.78, 5) is 49.8. The van der Waals surface area contributed by atoms with Crippen LogP contribution in [0, 0.1) is 0 Å². The van der Waals surface area contributed by atoms with E-state index in [-0.39, 0.29) is 11.8 Å². The molecule has 2 amide bonds. The van der Waals surface area contributed by atoms with Gasteiger partial charge >= 0.3 is 5.97 Å². The highest BCUT2D eigenvalue weighted by Gasteiger charge is 2.39. The number of hydrogen-bond donors (Lipinski definition) is 1. The normalized spacial score (nSPS) is 16.2. The molecule has 0 aliphatic carbocycles. The zero-order valence-electron chi connectivity index (χ0n) is 19.7. The van der Waals surface area contributed by atoms with Crippen LogP contribution in [0.5, 0.6) is 0 Å². The number of imidazole rings is 1. The zero-order chi connectivity index (χ0) is 25.1. The SMILES string of the molecule is CC(=O)Nc1ccc(C[C@@H]2C(=O)N(c3cn4ccccc4n3)CCN2OC(=O)c2ccccc2)cc1. The highest BCUT2D eigenvalue weighted by Crippen LogP contribution is 2.24. The van der Waals surface area contributed by atoms with Gasteiger partial charge in [-0.05, 0) is 42.0 Å². The third-order valence-corrected chi connectivity index (χ3v) is 5.98. The Morgan fingerprint density at radius 2 is 1.75 bits per heavy atom. The third-order valence-electron chi connectivity index (χ3n) is 5.98. The maximum Gasteiger partial charge on any atom is 0.357 e. The van der Waals surface area contributed by atoms with Gasteiger partial charge < -0.3 is 14.6 Å². The Balaban J connectivity index is 1.41. The predicted molar refractivity (Wildman–Crippen MR) is 134 cm³/mol. The first-order chi connectivity index (χ1) is 17.5. The van der Waals surface area contributed by atoms with Gasteiger partial charge in [-0.3, -0.25) is 14.5 Å². The Labute approximate surface area is 207 Å². The number of nitrogens with zero attached hydrogens (tertiary/aromatic N) is 4. The van der Waals surface area contributed by atoms with Gasteiger partial charge in [-0.15, -0.1) is 5.06 Å². The van der Waals surface area contributed by atoms with Crippen LogP contribution in [-0.2, 0) is 20.8 Å². The van der Waals surface area contributed by atoms with Gasteiger partial charge in [0.2, 0.25) is 11.8 Å². The van der Waals surface area contributed by atoms with Crippen molar-refractivity contribution in [3.05, 3.63) is 96.3 Å². The van der Waals surface area contributed by atoms with Crippen LogP contribution in [0.15, 0.2) is 85.2 Å². The molecule has 9 nitrogen and oxygen atoms in total. The maximum absolute atomic E-state index is 13.7. The summed E-state index contributed by atoms with van der Waals surface area (Å²) >= 11 is 0. The van der Waals surface area contributed by atoms with Gasteiger partial charge in [-0.2, -0.15) is 0 Å². The monoisotopic (exact) mass is 483 g/mol. The molecule has 1 aliphatic heterocycles. The van der Waals surface area contributed by atoms with E-state index in [2.05, 4.69) is 10.3 Å². The van der Waals surface area contributed by atoms with E-state index >= 15 is 0 Å². The van der Waals surface area contributed by atoms with Crippen LogP contribution < -0.4 is 10.2 Å². The van der Waals surface area contributed by atoms with Gasteiger partial charge in [0, 0.05) is 31.8 Å². The van der Waals surface area contributed by atoms with E-state index in [0.29, 0.717) is 36.6 Å². The van der Waals surface area contributed by atoms with Crippen LogP contribution in [0.25, 0.3) is 5.65 Å². The minimum Gasteiger partial charge on any atom is -0.363 e. The van der Waals surface area contributed by atoms with Gasteiger partial charge in [-0.1, -0.05) is 36.4 Å². The molecule has 1 N–H and O–H groups in total. The fraction of sp³-hybridized carbons (Fsp3) is 0.185. The smallest absolute Gasteiger partial charge is 0.357 e. The lowest BCUT2D eigenvalue weighted by Crippen LogP contribution is -2.58. The average Bonchev–Trinajstić information content (AvgIpc) is 3.31. The minimum absolute atomic E-state index is 0.160. The van der Waals surface area contributed by atoms with Crippen LogP contribution in [0.3, 0.4) is 0 Å². The standard InChI is InChI=1S/C27H25N5O4/c1-19(33)28-22-12-10-20(11-13-22)17-23-26(34)31(25-18-30-14-6-5-9-24(30)29-25)15-16-32(23)36-27(35)21-7-3-2-4-8-21/h2-14,18,23H,15-17H2,1H3,(H,28,33)/t23-/m1/s1. The Hall–Kier alpha value is -4.50. The Morgan fingerprint density at radius 1 is 1.00 bits per heavy atom. The first-order valence-corrected chi connectivity index (χ1v) is 11.6. The van der Waals surface area contributed by atoms with Crippen molar-refractivity contribution < 1.29 is 19.2 Å². The van der Waals surface area contributed by atoms with Crippen LogP contribution in [0.4, 0.5) is 11.5 Å². The number of carbonyl (C=O) groups excluding carboxylic acids is 3. The molecule has 5 rings (SSSR count). The molecule has 2 aromatic carbocycles. The maximum atomic E-state index is 13.7. The molecular formula is C27H25N5O4. The van der Waals surface area contributed by atoms with E-state index in [9.17, 15) is 14.4 Å². The molecule has 0 bridgehead atoms. The number of benzene rings is 2. The molecule has 0 unspecified atom stereocenters. The summed E-state index contributed by atoms with van der Waals surface area (Å²) in [6.07, 6.45) is 4.01. The van der Waals surface area contributed by atoms with Crippen molar-refractivity contribution in [3.8, 4) is 0 Å². The summed E-state index contributed by atoms with van der Waals surface area (Å²) in [5.74, 6) is -0.342. The van der Waals surface area contributed by atoms with Crippen LogP contribution >= 0.6 is 0 Å². The Bertz CT molecular complexity index is 1370. The first kappa shape index (κ1) is 23.3. The number of carbonyl (C=O) groups is 3. The third kappa shape index (κ3) is 4.96. The predicted octanol–water partition coefficient (Wildman–Crippen LogP) is 3.32. The fourth-order valence-electron chi connectivity index (χ4n) is 4.23. The number of nitrogens with one attached hydrogen (secondary N) is 1. The highest BCUT2D eigenvalue weighted by molar-refractivity contribution is 5.98. The first-order valence-electron chi connectivity index (χ1n) is 11.6. The van der Waals surface area contributed by atoms with Crippen molar-refractivity contribution in [1.82, 2.24) is 14.4 Å². The Kier molecular flexibility index (Phi) is 6.46. The number of amides is 2. The van der Waals surface area contributed by atoms with Gasteiger partial charge in [0.1, 0.15) is 11.7 Å². The van der Waals surface area contributed by atoms with E-state index in [0.717, 1.165) is 11.2 Å². The topological polar surface area (TPSA) is 96.2 Å². The largest absolute Gasteiger partial charge is 0.363 e. The van der Waals surface area contributed by atoms with E-state index in [1.165, 1.54) is 12.0 Å². The second-order valence-corrected chi connectivity index (χ2v) is 8.54. The lowest BCUT2D eigenvalue weighted by Gasteiger charge is -2.38. The van der Waals surface area contributed by atoms with Crippen molar-refractivity contribution in [2.24, 2.45) is 0 Å². The summed E-state index contributed by atoms with van der Waals surface area (Å²) in [6.45, 7) is 2.09. The quantitative estimate of drug-likeness (QED) is 0.452. The van der Waals surface area contributed by atoms with Crippen molar-refractivity contribution in [2.45, 2.75) is 19.4 Å². The lowest BCUT2D eigenvalue weighted by atomic mass is 10.0. The second-order valence-electron chi connectivity index (χ2n) is 8.54. The Morgan fingerprint density at radius 3 is 2.47 bits per heavy atom. The zero-order valence-corrected chi connectivity index (χ0v) is 19.7. The van der Waals surface area contributed by atoms with E-state index in [1.807, 2.05) is 53.2 Å². The molecule has 0 spiro atoms. The number of hydroxylamine groups is 2. The molecule has 4 aromatic rings. The second kappa shape index (κ2) is 10.0. The summed E-state index contributed by atoms with van der Waals surface area (Å²) in [5, 5.41) is 4.20. The molecule has 2 aromatic heterocycles. The van der Waals surface area contributed by atoms with E-state index in [4.69, 9.17) is 4.84 Å². The van der Waals surface area contributed by atoms with Gasteiger partial charge in [-0.25, -0.2) is 9.78 Å². The van der Waals surface area contributed by atoms with Gasteiger partial charge in [0.05, 0.1) is 18.3 Å². The van der Waals surface area contributed by atoms with Crippen molar-refractivity contribution in [3.63, 3.8) is 0 Å². The average molecular weight is 484 g/mol. The highest BCUT2D eigenvalue weighted by atomic mass is 16.7. The van der Waals surface area contributed by atoms with Crippen molar-refractivity contribution in [2.75, 3.05) is 23.3 Å². The molecule has 182 valence electrons. The number of piperazine rings is 1. The van der Waals surface area contributed by atoms with Crippen LogP contribution in [0.2, 0.25) is 0 Å². The number of anilines is 2. The summed E-state index contributed by atoms with van der Waals surface area (Å²) in [6, 6.07) is 20.9. The molecule has 1 saturated heterocycles. The molecule has 0 radical (unpaired) electrons.